The van der Waals surface area contributed by atoms with E-state index in [-0.39, 0.29) is 18.2 Å². The van der Waals surface area contributed by atoms with Gasteiger partial charge in [-0.15, -0.1) is 0 Å². The lowest BCUT2D eigenvalue weighted by atomic mass is 10.2. The molecule has 1 atom stereocenters. The lowest BCUT2D eigenvalue weighted by molar-refractivity contribution is 0.0691. The number of hydrogen-bond acceptors (Lipinski definition) is 6. The molecule has 2 rings (SSSR count). The summed E-state index contributed by atoms with van der Waals surface area (Å²) < 4.78 is 5.24. The number of carboxylic acid groups (broad SMARTS) is 1. The van der Waals surface area contributed by atoms with Crippen LogP contribution in [0.4, 0.5) is 5.95 Å². The normalized spacial score (nSPS) is 20.3. The van der Waals surface area contributed by atoms with E-state index in [1.165, 1.54) is 12.4 Å². The summed E-state index contributed by atoms with van der Waals surface area (Å²) in [7, 11) is 0. The van der Waals surface area contributed by atoms with E-state index in [0.29, 0.717) is 25.7 Å². The van der Waals surface area contributed by atoms with Gasteiger partial charge in [-0.1, -0.05) is 0 Å². The number of ether oxygens (including phenoxy) is 1. The number of rotatable bonds is 3. The van der Waals surface area contributed by atoms with Crippen LogP contribution in [0.15, 0.2) is 12.4 Å². The third-order valence-electron chi connectivity index (χ3n) is 2.58. The monoisotopic (exact) mass is 239 g/mol. The molecule has 1 aromatic rings. The first kappa shape index (κ1) is 11.7. The van der Waals surface area contributed by atoms with E-state index in [1.54, 1.807) is 0 Å². The second-order valence-electron chi connectivity index (χ2n) is 3.68. The molecule has 0 bridgehead atoms. The zero-order chi connectivity index (χ0) is 12.3. The van der Waals surface area contributed by atoms with Crippen molar-refractivity contribution in [2.45, 2.75) is 6.04 Å². The molecule has 7 heteroatoms. The van der Waals surface area contributed by atoms with Gasteiger partial charge in [-0.2, -0.15) is 0 Å². The Balaban J connectivity index is 2.17. The number of aliphatic hydroxyl groups is 1. The molecule has 0 aliphatic carbocycles. The van der Waals surface area contributed by atoms with Crippen LogP contribution in [0.5, 0.6) is 0 Å². The van der Waals surface area contributed by atoms with Crippen LogP contribution in [0.1, 0.15) is 10.4 Å². The molecule has 1 unspecified atom stereocenters. The van der Waals surface area contributed by atoms with Crippen molar-refractivity contribution in [3.05, 3.63) is 18.0 Å². The van der Waals surface area contributed by atoms with Gasteiger partial charge in [0.2, 0.25) is 5.95 Å². The van der Waals surface area contributed by atoms with Gasteiger partial charge in [-0.05, 0) is 0 Å². The average Bonchev–Trinajstić information content (AvgIpc) is 2.39. The topological polar surface area (TPSA) is 95.8 Å². The summed E-state index contributed by atoms with van der Waals surface area (Å²) in [6, 6.07) is -0.181. The van der Waals surface area contributed by atoms with Crippen molar-refractivity contribution in [3.8, 4) is 0 Å². The van der Waals surface area contributed by atoms with E-state index in [0.717, 1.165) is 0 Å². The van der Waals surface area contributed by atoms with Gasteiger partial charge in [0.05, 0.1) is 31.4 Å². The largest absolute Gasteiger partial charge is 0.478 e. The van der Waals surface area contributed by atoms with Crippen molar-refractivity contribution in [1.82, 2.24) is 9.97 Å². The molecule has 0 amide bonds. The van der Waals surface area contributed by atoms with Gasteiger partial charge in [0.15, 0.2) is 0 Å². The van der Waals surface area contributed by atoms with E-state index in [1.807, 2.05) is 4.90 Å². The second-order valence-corrected chi connectivity index (χ2v) is 3.68. The molecule has 7 nitrogen and oxygen atoms in total. The van der Waals surface area contributed by atoms with Gasteiger partial charge >= 0.3 is 5.97 Å². The van der Waals surface area contributed by atoms with E-state index < -0.39 is 5.97 Å². The van der Waals surface area contributed by atoms with Gasteiger partial charge in [0, 0.05) is 18.9 Å². The van der Waals surface area contributed by atoms with Crippen LogP contribution in [0.2, 0.25) is 0 Å². The van der Waals surface area contributed by atoms with Gasteiger partial charge in [0.1, 0.15) is 0 Å². The zero-order valence-corrected chi connectivity index (χ0v) is 9.11. The Bertz CT molecular complexity index is 395. The highest BCUT2D eigenvalue weighted by Gasteiger charge is 2.24. The number of aromatic nitrogens is 2. The number of hydrogen-bond donors (Lipinski definition) is 2. The summed E-state index contributed by atoms with van der Waals surface area (Å²) >= 11 is 0. The average molecular weight is 239 g/mol. The molecule has 1 aromatic heterocycles. The SMILES string of the molecule is O=C(O)c1cnc(N2CCOCC2CO)nc1. The van der Waals surface area contributed by atoms with Crippen molar-refractivity contribution in [2.24, 2.45) is 0 Å². The van der Waals surface area contributed by atoms with E-state index >= 15 is 0 Å². The highest BCUT2D eigenvalue weighted by molar-refractivity contribution is 5.86. The van der Waals surface area contributed by atoms with E-state index in [4.69, 9.17) is 9.84 Å². The number of aromatic carboxylic acids is 1. The summed E-state index contributed by atoms with van der Waals surface area (Å²) in [6.07, 6.45) is 2.52. The molecule has 0 spiro atoms. The van der Waals surface area contributed by atoms with Crippen LogP contribution in [0.25, 0.3) is 0 Å². The fourth-order valence-corrected chi connectivity index (χ4v) is 1.65. The molecule has 17 heavy (non-hydrogen) atoms. The number of anilines is 1. The molecule has 1 aliphatic rings. The number of nitrogens with zero attached hydrogens (tertiary/aromatic N) is 3. The summed E-state index contributed by atoms with van der Waals surface area (Å²) in [6.45, 7) is 1.49. The van der Waals surface area contributed by atoms with Gasteiger partial charge in [0.25, 0.3) is 0 Å². The predicted octanol–water partition coefficient (Wildman–Crippen LogP) is -0.628. The third kappa shape index (κ3) is 2.51. The summed E-state index contributed by atoms with van der Waals surface area (Å²) in [5.41, 5.74) is 0.0440. The van der Waals surface area contributed by atoms with Crippen LogP contribution < -0.4 is 4.90 Å². The zero-order valence-electron chi connectivity index (χ0n) is 9.11. The Kier molecular flexibility index (Phi) is 3.50. The van der Waals surface area contributed by atoms with Gasteiger partial charge < -0.3 is 19.8 Å². The van der Waals surface area contributed by atoms with Crippen molar-refractivity contribution >= 4 is 11.9 Å². The Morgan fingerprint density at radius 2 is 2.24 bits per heavy atom. The molecule has 0 saturated carbocycles. The minimum Gasteiger partial charge on any atom is -0.478 e. The van der Waals surface area contributed by atoms with Crippen molar-refractivity contribution < 1.29 is 19.7 Å². The maximum atomic E-state index is 10.7. The molecule has 1 aliphatic heterocycles. The van der Waals surface area contributed by atoms with Crippen LogP contribution in [-0.4, -0.2) is 58.6 Å². The van der Waals surface area contributed by atoms with E-state index in [2.05, 4.69) is 9.97 Å². The Hall–Kier alpha value is -1.73. The molecule has 0 radical (unpaired) electrons. The third-order valence-corrected chi connectivity index (χ3v) is 2.58. The molecular weight excluding hydrogens is 226 g/mol. The highest BCUT2D eigenvalue weighted by atomic mass is 16.5. The van der Waals surface area contributed by atoms with Crippen molar-refractivity contribution in [3.63, 3.8) is 0 Å². The van der Waals surface area contributed by atoms with Crippen molar-refractivity contribution in [1.29, 1.82) is 0 Å². The number of morpholine rings is 1. The Labute approximate surface area is 97.7 Å². The Morgan fingerprint density at radius 3 is 2.82 bits per heavy atom. The first-order chi connectivity index (χ1) is 8.22. The van der Waals surface area contributed by atoms with Crippen LogP contribution >= 0.6 is 0 Å². The number of carbonyl (C=O) groups is 1. The lowest BCUT2D eigenvalue weighted by Gasteiger charge is -2.34. The molecule has 92 valence electrons. The molecule has 1 saturated heterocycles. The van der Waals surface area contributed by atoms with Crippen LogP contribution in [0, 0.1) is 0 Å². The first-order valence-corrected chi connectivity index (χ1v) is 5.23. The molecule has 2 heterocycles. The van der Waals surface area contributed by atoms with Gasteiger partial charge in [-0.25, -0.2) is 14.8 Å². The van der Waals surface area contributed by atoms with Crippen molar-refractivity contribution in [2.75, 3.05) is 31.3 Å². The molecule has 0 aromatic carbocycles. The maximum Gasteiger partial charge on any atom is 0.338 e. The molecule has 1 fully saturated rings. The quantitative estimate of drug-likeness (QED) is 0.725. The Morgan fingerprint density at radius 1 is 1.53 bits per heavy atom. The van der Waals surface area contributed by atoms with Crippen LogP contribution in [0.3, 0.4) is 0 Å². The smallest absolute Gasteiger partial charge is 0.338 e. The molecular formula is C10H13N3O4. The number of carboxylic acids is 1. The lowest BCUT2D eigenvalue weighted by Crippen LogP contribution is -2.48. The minimum atomic E-state index is -1.06. The second kappa shape index (κ2) is 5.07. The number of aliphatic hydroxyl groups excluding tert-OH is 1. The summed E-state index contributed by atoms with van der Waals surface area (Å²) in [5, 5.41) is 17.9. The standard InChI is InChI=1S/C10H13N3O4/c14-5-8-6-17-2-1-13(8)10-11-3-7(4-12-10)9(15)16/h3-4,8,14H,1-2,5-6H2,(H,15,16). The first-order valence-electron chi connectivity index (χ1n) is 5.23. The summed E-state index contributed by atoms with van der Waals surface area (Å²) in [5.74, 6) is -0.644. The fraction of sp³-hybridized carbons (Fsp3) is 0.500. The maximum absolute atomic E-state index is 10.7. The van der Waals surface area contributed by atoms with Gasteiger partial charge in [-0.3, -0.25) is 0 Å². The minimum absolute atomic E-state index is 0.0440. The van der Waals surface area contributed by atoms with Crippen LogP contribution in [-0.2, 0) is 4.74 Å². The highest BCUT2D eigenvalue weighted by Crippen LogP contribution is 2.14. The molecule has 2 N–H and O–H groups in total. The van der Waals surface area contributed by atoms with E-state index in [9.17, 15) is 9.90 Å². The summed E-state index contributed by atoms with van der Waals surface area (Å²) in [4.78, 5) is 20.4. The predicted molar refractivity (Wildman–Crippen MR) is 58.0 cm³/mol. The fourth-order valence-electron chi connectivity index (χ4n) is 1.65.